The van der Waals surface area contributed by atoms with Crippen LogP contribution in [0, 0.1) is 11.2 Å². The summed E-state index contributed by atoms with van der Waals surface area (Å²) < 4.78 is 14.0. The Hall–Kier alpha value is -1.99. The van der Waals surface area contributed by atoms with Gasteiger partial charge in [-0.2, -0.15) is 0 Å². The van der Waals surface area contributed by atoms with Gasteiger partial charge in [0.2, 0.25) is 11.8 Å². The Morgan fingerprint density at radius 2 is 2.07 bits per heavy atom. The minimum atomic E-state index is -0.606. The maximum absolute atomic E-state index is 14.0. The van der Waals surface area contributed by atoms with Crippen LogP contribution in [0.15, 0.2) is 24.3 Å². The lowest BCUT2D eigenvalue weighted by molar-refractivity contribution is -0.153. The minimum absolute atomic E-state index is 0.00903. The minimum Gasteiger partial charge on any atom is -0.396 e. The molecule has 7 heteroatoms. The number of likely N-dealkylation sites (tertiary alicyclic amines) is 2. The first kappa shape index (κ1) is 20.7. The third kappa shape index (κ3) is 4.20. The Morgan fingerprint density at radius 1 is 1.29 bits per heavy atom. The summed E-state index contributed by atoms with van der Waals surface area (Å²) in [6, 6.07) is 6.14. The molecule has 1 aromatic carbocycles. The predicted molar refractivity (Wildman–Crippen MR) is 104 cm³/mol. The van der Waals surface area contributed by atoms with Gasteiger partial charge in [-0.15, -0.1) is 0 Å². The average molecular weight is 391 g/mol. The van der Waals surface area contributed by atoms with E-state index in [0.29, 0.717) is 38.0 Å². The van der Waals surface area contributed by atoms with E-state index in [-0.39, 0.29) is 36.7 Å². The van der Waals surface area contributed by atoms with E-state index in [9.17, 15) is 14.0 Å². The SMILES string of the molecule is CN1CC[C@]2(C(=O)NCCCO)CCCN(C(=O)Cc3ccccc3F)[C@H]2C1. The third-order valence-electron chi connectivity index (χ3n) is 6.15. The standard InChI is InChI=1S/C21H30FN3O3/c1-24-12-9-21(20(28)23-10-5-13-26)8-4-11-25(18(21)15-24)19(27)14-16-6-2-3-7-17(16)22/h2-3,6-7,18,26H,4-5,8-15H2,1H3,(H,23,28)/t18-,21+/m0/s1. The molecule has 2 amide bonds. The van der Waals surface area contributed by atoms with Gasteiger partial charge in [0.15, 0.2) is 0 Å². The number of hydrogen-bond donors (Lipinski definition) is 2. The number of nitrogens with one attached hydrogen (secondary N) is 1. The van der Waals surface area contributed by atoms with Crippen LogP contribution in [0.5, 0.6) is 0 Å². The highest BCUT2D eigenvalue weighted by atomic mass is 19.1. The fraction of sp³-hybridized carbons (Fsp3) is 0.619. The van der Waals surface area contributed by atoms with Crippen LogP contribution in [0.4, 0.5) is 4.39 Å². The van der Waals surface area contributed by atoms with Crippen molar-refractivity contribution in [1.82, 2.24) is 15.1 Å². The van der Waals surface area contributed by atoms with Gasteiger partial charge in [0.05, 0.1) is 17.9 Å². The number of fused-ring (bicyclic) bond motifs is 1. The molecule has 1 aromatic rings. The van der Waals surface area contributed by atoms with Gasteiger partial charge < -0.3 is 20.2 Å². The number of hydrogen-bond acceptors (Lipinski definition) is 4. The highest BCUT2D eigenvalue weighted by molar-refractivity contribution is 5.86. The number of likely N-dealkylation sites (N-methyl/N-ethyl adjacent to an activating group) is 1. The first-order valence-electron chi connectivity index (χ1n) is 10.1. The summed E-state index contributed by atoms with van der Waals surface area (Å²) in [5, 5.41) is 12.0. The normalized spacial score (nSPS) is 25.2. The molecular weight excluding hydrogens is 361 g/mol. The molecule has 0 radical (unpaired) electrons. The van der Waals surface area contributed by atoms with Crippen molar-refractivity contribution in [3.05, 3.63) is 35.6 Å². The summed E-state index contributed by atoms with van der Waals surface area (Å²) in [6.07, 6.45) is 2.73. The molecule has 6 nitrogen and oxygen atoms in total. The molecule has 2 atom stereocenters. The van der Waals surface area contributed by atoms with Gasteiger partial charge in [-0.3, -0.25) is 9.59 Å². The summed E-state index contributed by atoms with van der Waals surface area (Å²) >= 11 is 0. The molecule has 2 heterocycles. The third-order valence-corrected chi connectivity index (χ3v) is 6.15. The number of amides is 2. The van der Waals surface area contributed by atoms with E-state index in [1.165, 1.54) is 6.07 Å². The molecule has 2 aliphatic heterocycles. The van der Waals surface area contributed by atoms with Gasteiger partial charge in [-0.1, -0.05) is 18.2 Å². The van der Waals surface area contributed by atoms with E-state index in [4.69, 9.17) is 5.11 Å². The zero-order valence-electron chi connectivity index (χ0n) is 16.5. The molecule has 0 saturated carbocycles. The second kappa shape index (κ2) is 9.01. The molecule has 0 unspecified atom stereocenters. The summed E-state index contributed by atoms with van der Waals surface area (Å²) in [6.45, 7) is 2.50. The number of piperidine rings is 2. The quantitative estimate of drug-likeness (QED) is 0.715. The number of carbonyl (C=O) groups excluding carboxylic acids is 2. The number of nitrogens with zero attached hydrogens (tertiary/aromatic N) is 2. The summed E-state index contributed by atoms with van der Waals surface area (Å²) in [5.74, 6) is -0.526. The summed E-state index contributed by atoms with van der Waals surface area (Å²) in [4.78, 5) is 30.1. The number of halogens is 1. The Bertz CT molecular complexity index is 714. The zero-order valence-corrected chi connectivity index (χ0v) is 16.5. The monoisotopic (exact) mass is 391 g/mol. The second-order valence-corrected chi connectivity index (χ2v) is 7.98. The Labute approximate surface area is 165 Å². The van der Waals surface area contributed by atoms with Gasteiger partial charge >= 0.3 is 0 Å². The van der Waals surface area contributed by atoms with Crippen LogP contribution in [-0.4, -0.2) is 72.6 Å². The largest absolute Gasteiger partial charge is 0.396 e. The van der Waals surface area contributed by atoms with Gasteiger partial charge in [-0.05, 0) is 50.9 Å². The van der Waals surface area contributed by atoms with Crippen molar-refractivity contribution in [2.45, 2.75) is 38.1 Å². The van der Waals surface area contributed by atoms with Crippen LogP contribution in [0.1, 0.15) is 31.2 Å². The molecule has 0 spiro atoms. The Balaban J connectivity index is 1.80. The van der Waals surface area contributed by atoms with Gasteiger partial charge in [-0.25, -0.2) is 4.39 Å². The lowest BCUT2D eigenvalue weighted by Crippen LogP contribution is -2.66. The molecule has 2 N–H and O–H groups in total. The van der Waals surface area contributed by atoms with E-state index in [1.807, 2.05) is 7.05 Å². The van der Waals surface area contributed by atoms with Gasteiger partial charge in [0.1, 0.15) is 5.82 Å². The maximum Gasteiger partial charge on any atom is 0.228 e. The summed E-state index contributed by atoms with van der Waals surface area (Å²) in [7, 11) is 2.00. The molecule has 0 aliphatic carbocycles. The molecule has 28 heavy (non-hydrogen) atoms. The highest BCUT2D eigenvalue weighted by Gasteiger charge is 2.53. The fourth-order valence-electron chi connectivity index (χ4n) is 4.57. The zero-order chi connectivity index (χ0) is 20.1. The van der Waals surface area contributed by atoms with Crippen molar-refractivity contribution in [2.75, 3.05) is 39.8 Å². The van der Waals surface area contributed by atoms with Crippen LogP contribution < -0.4 is 5.32 Å². The van der Waals surface area contributed by atoms with Crippen LogP contribution in [0.3, 0.4) is 0 Å². The van der Waals surface area contributed by atoms with Gasteiger partial charge in [0.25, 0.3) is 0 Å². The number of aliphatic hydroxyl groups is 1. The lowest BCUT2D eigenvalue weighted by atomic mass is 9.67. The average Bonchev–Trinajstić information content (AvgIpc) is 2.69. The second-order valence-electron chi connectivity index (χ2n) is 7.98. The topological polar surface area (TPSA) is 72.9 Å². The van der Waals surface area contributed by atoms with Crippen LogP contribution in [0.2, 0.25) is 0 Å². The predicted octanol–water partition coefficient (Wildman–Crippen LogP) is 1.18. The van der Waals surface area contributed by atoms with Crippen LogP contribution in [0.25, 0.3) is 0 Å². The lowest BCUT2D eigenvalue weighted by Gasteiger charge is -2.53. The fourth-order valence-corrected chi connectivity index (χ4v) is 4.57. The number of benzene rings is 1. The molecular formula is C21H30FN3O3. The van der Waals surface area contributed by atoms with Crippen molar-refractivity contribution < 1.29 is 19.1 Å². The van der Waals surface area contributed by atoms with Crippen LogP contribution in [-0.2, 0) is 16.0 Å². The van der Waals surface area contributed by atoms with Crippen LogP contribution >= 0.6 is 0 Å². The Kier molecular flexibility index (Phi) is 6.67. The highest BCUT2D eigenvalue weighted by Crippen LogP contribution is 2.42. The first-order chi connectivity index (χ1) is 13.5. The number of aliphatic hydroxyl groups excluding tert-OH is 1. The molecule has 2 aliphatic rings. The van der Waals surface area contributed by atoms with E-state index >= 15 is 0 Å². The van der Waals surface area contributed by atoms with Crippen molar-refractivity contribution >= 4 is 11.8 Å². The van der Waals surface area contributed by atoms with E-state index in [2.05, 4.69) is 10.2 Å². The number of carbonyl (C=O) groups is 2. The molecule has 0 bridgehead atoms. The molecule has 2 fully saturated rings. The van der Waals surface area contributed by atoms with Gasteiger partial charge in [0, 0.05) is 26.2 Å². The maximum atomic E-state index is 14.0. The van der Waals surface area contributed by atoms with Crippen molar-refractivity contribution in [2.24, 2.45) is 5.41 Å². The van der Waals surface area contributed by atoms with E-state index in [0.717, 1.165) is 19.4 Å². The van der Waals surface area contributed by atoms with Crippen molar-refractivity contribution in [3.8, 4) is 0 Å². The molecule has 0 aromatic heterocycles. The molecule has 2 saturated heterocycles. The van der Waals surface area contributed by atoms with E-state index < -0.39 is 5.41 Å². The van der Waals surface area contributed by atoms with Crippen molar-refractivity contribution in [3.63, 3.8) is 0 Å². The van der Waals surface area contributed by atoms with E-state index in [1.54, 1.807) is 23.1 Å². The molecule has 3 rings (SSSR count). The number of rotatable bonds is 6. The first-order valence-corrected chi connectivity index (χ1v) is 10.1. The Morgan fingerprint density at radius 3 is 2.82 bits per heavy atom. The summed E-state index contributed by atoms with van der Waals surface area (Å²) in [5.41, 5.74) is -0.217. The van der Waals surface area contributed by atoms with Crippen molar-refractivity contribution in [1.29, 1.82) is 0 Å². The smallest absolute Gasteiger partial charge is 0.228 e. The molecule has 154 valence electrons.